The quantitative estimate of drug-likeness (QED) is 0.797. The van der Waals surface area contributed by atoms with Crippen molar-refractivity contribution in [2.75, 3.05) is 60.0 Å². The van der Waals surface area contributed by atoms with E-state index in [2.05, 4.69) is 16.8 Å². The van der Waals surface area contributed by atoms with Crippen LogP contribution in [0.2, 0.25) is 0 Å². The number of amides is 1. The van der Waals surface area contributed by atoms with Gasteiger partial charge in [-0.25, -0.2) is 4.39 Å². The number of aliphatic hydroxyl groups excluding tert-OH is 1. The van der Waals surface area contributed by atoms with Crippen molar-refractivity contribution in [2.24, 2.45) is 5.92 Å². The van der Waals surface area contributed by atoms with Crippen LogP contribution >= 0.6 is 0 Å². The Kier molecular flexibility index (Phi) is 7.26. The summed E-state index contributed by atoms with van der Waals surface area (Å²) in [6.45, 7) is 5.67. The summed E-state index contributed by atoms with van der Waals surface area (Å²) in [5.41, 5.74) is 0.279. The first-order valence-corrected chi connectivity index (χ1v) is 10.2. The topological polar surface area (TPSA) is 56.2 Å². The molecule has 2 atom stereocenters. The number of hydrogen-bond donors (Lipinski definition) is 1. The van der Waals surface area contributed by atoms with Gasteiger partial charge in [-0.1, -0.05) is 0 Å². The minimum absolute atomic E-state index is 0.164. The lowest BCUT2D eigenvalue weighted by Crippen LogP contribution is -2.57. The van der Waals surface area contributed by atoms with Crippen LogP contribution in [0, 0.1) is 11.7 Å². The maximum Gasteiger partial charge on any atom is 0.257 e. The predicted octanol–water partition coefficient (Wildman–Crippen LogP) is 1.68. The summed E-state index contributed by atoms with van der Waals surface area (Å²) in [5.74, 6) is 0.0998. The van der Waals surface area contributed by atoms with Gasteiger partial charge in [0.1, 0.15) is 11.6 Å². The van der Waals surface area contributed by atoms with Crippen LogP contribution in [0.3, 0.4) is 0 Å². The standard InChI is InChI=1S/C21H32FN3O3/c1-23-9-11-24(12-10-23)19-7-8-25(15-16(19)4-3-13-26)21(27)18-14-17(22)5-6-20(18)28-2/h5-6,14,16,19,26H,3-4,7-13,15H2,1-2H3. The molecule has 28 heavy (non-hydrogen) atoms. The zero-order chi connectivity index (χ0) is 20.1. The van der Waals surface area contributed by atoms with Gasteiger partial charge in [-0.2, -0.15) is 0 Å². The van der Waals surface area contributed by atoms with E-state index in [1.54, 1.807) is 0 Å². The third kappa shape index (κ3) is 4.82. The minimum Gasteiger partial charge on any atom is -0.496 e. The Morgan fingerprint density at radius 1 is 1.25 bits per heavy atom. The zero-order valence-corrected chi connectivity index (χ0v) is 16.9. The third-order valence-electron chi connectivity index (χ3n) is 6.11. The number of aliphatic hydroxyl groups is 1. The first kappa shape index (κ1) is 21.0. The van der Waals surface area contributed by atoms with Crippen LogP contribution in [0.4, 0.5) is 4.39 Å². The molecule has 0 spiro atoms. The van der Waals surface area contributed by atoms with Crippen molar-refractivity contribution in [1.82, 2.24) is 14.7 Å². The molecule has 7 heteroatoms. The lowest BCUT2D eigenvalue weighted by Gasteiger charge is -2.46. The lowest BCUT2D eigenvalue weighted by atomic mass is 9.86. The molecule has 2 unspecified atom stereocenters. The van der Waals surface area contributed by atoms with Crippen molar-refractivity contribution in [1.29, 1.82) is 0 Å². The number of carbonyl (C=O) groups excluding carboxylic acids is 1. The van der Waals surface area contributed by atoms with Gasteiger partial charge in [0.05, 0.1) is 12.7 Å². The summed E-state index contributed by atoms with van der Waals surface area (Å²) in [4.78, 5) is 19.8. The van der Waals surface area contributed by atoms with E-state index in [4.69, 9.17) is 4.74 Å². The largest absolute Gasteiger partial charge is 0.496 e. The van der Waals surface area contributed by atoms with E-state index < -0.39 is 5.82 Å². The molecule has 1 aromatic carbocycles. The Balaban J connectivity index is 1.73. The Morgan fingerprint density at radius 3 is 2.68 bits per heavy atom. The molecule has 0 aliphatic carbocycles. The highest BCUT2D eigenvalue weighted by molar-refractivity contribution is 5.97. The second kappa shape index (κ2) is 9.67. The smallest absolute Gasteiger partial charge is 0.257 e. The van der Waals surface area contributed by atoms with Gasteiger partial charge in [0.2, 0.25) is 0 Å². The number of hydrogen-bond acceptors (Lipinski definition) is 5. The van der Waals surface area contributed by atoms with E-state index in [-0.39, 0.29) is 18.1 Å². The first-order chi connectivity index (χ1) is 13.5. The van der Waals surface area contributed by atoms with Crippen LogP contribution in [0.1, 0.15) is 29.6 Å². The van der Waals surface area contributed by atoms with Gasteiger partial charge in [-0.3, -0.25) is 9.69 Å². The summed E-state index contributed by atoms with van der Waals surface area (Å²) in [6.07, 6.45) is 2.53. The van der Waals surface area contributed by atoms with Crippen molar-refractivity contribution in [3.05, 3.63) is 29.6 Å². The molecule has 0 radical (unpaired) electrons. The van der Waals surface area contributed by atoms with E-state index in [9.17, 15) is 14.3 Å². The lowest BCUT2D eigenvalue weighted by molar-refractivity contribution is 0.0216. The van der Waals surface area contributed by atoms with Crippen LogP contribution in [-0.4, -0.2) is 91.8 Å². The minimum atomic E-state index is -0.437. The molecule has 156 valence electrons. The summed E-state index contributed by atoms with van der Waals surface area (Å²) < 4.78 is 19.0. The second-order valence-electron chi connectivity index (χ2n) is 7.92. The number of methoxy groups -OCH3 is 1. The number of piperidine rings is 1. The van der Waals surface area contributed by atoms with Crippen molar-refractivity contribution in [3.63, 3.8) is 0 Å². The molecule has 2 saturated heterocycles. The Labute approximate surface area is 166 Å². The molecule has 1 aromatic rings. The summed E-state index contributed by atoms with van der Waals surface area (Å²) in [7, 11) is 3.64. The molecular formula is C21H32FN3O3. The van der Waals surface area contributed by atoms with Crippen molar-refractivity contribution in [3.8, 4) is 5.75 Å². The monoisotopic (exact) mass is 393 g/mol. The Bertz CT molecular complexity index is 664. The van der Waals surface area contributed by atoms with Gasteiger partial charge in [-0.15, -0.1) is 0 Å². The number of likely N-dealkylation sites (tertiary alicyclic amines) is 1. The summed E-state index contributed by atoms with van der Waals surface area (Å²) in [6, 6.07) is 4.50. The molecule has 2 aliphatic heterocycles. The third-order valence-corrected chi connectivity index (χ3v) is 6.11. The average molecular weight is 394 g/mol. The molecule has 1 N–H and O–H groups in total. The number of nitrogens with zero attached hydrogens (tertiary/aromatic N) is 3. The van der Waals surface area contributed by atoms with Crippen molar-refractivity contribution < 1.29 is 19.0 Å². The van der Waals surface area contributed by atoms with E-state index >= 15 is 0 Å². The van der Waals surface area contributed by atoms with Crippen LogP contribution in [0.5, 0.6) is 5.75 Å². The highest BCUT2D eigenvalue weighted by atomic mass is 19.1. The number of benzene rings is 1. The molecule has 3 rings (SSSR count). The van der Waals surface area contributed by atoms with Gasteiger partial charge < -0.3 is 19.6 Å². The van der Waals surface area contributed by atoms with Gasteiger partial charge in [-0.05, 0) is 50.4 Å². The van der Waals surface area contributed by atoms with E-state index in [0.29, 0.717) is 30.8 Å². The highest BCUT2D eigenvalue weighted by Crippen LogP contribution is 2.29. The molecular weight excluding hydrogens is 361 g/mol. The van der Waals surface area contributed by atoms with Gasteiger partial charge in [0.25, 0.3) is 5.91 Å². The number of rotatable bonds is 6. The van der Waals surface area contributed by atoms with Gasteiger partial charge >= 0.3 is 0 Å². The zero-order valence-electron chi connectivity index (χ0n) is 16.9. The molecule has 0 saturated carbocycles. The molecule has 2 heterocycles. The first-order valence-electron chi connectivity index (χ1n) is 10.2. The summed E-state index contributed by atoms with van der Waals surface area (Å²) in [5, 5.41) is 9.32. The number of carbonyl (C=O) groups is 1. The highest BCUT2D eigenvalue weighted by Gasteiger charge is 2.36. The molecule has 2 fully saturated rings. The van der Waals surface area contributed by atoms with Crippen LogP contribution in [-0.2, 0) is 0 Å². The van der Waals surface area contributed by atoms with Gasteiger partial charge in [0, 0.05) is 51.9 Å². The number of piperazine rings is 1. The molecule has 0 aromatic heterocycles. The van der Waals surface area contributed by atoms with Crippen LogP contribution < -0.4 is 4.74 Å². The molecule has 6 nitrogen and oxygen atoms in total. The van der Waals surface area contributed by atoms with E-state index in [1.165, 1.54) is 25.3 Å². The Morgan fingerprint density at radius 2 is 2.00 bits per heavy atom. The molecule has 2 aliphatic rings. The number of halogens is 1. The van der Waals surface area contributed by atoms with Crippen LogP contribution in [0.25, 0.3) is 0 Å². The van der Waals surface area contributed by atoms with Gasteiger partial charge in [0.15, 0.2) is 0 Å². The fourth-order valence-corrected chi connectivity index (χ4v) is 4.49. The van der Waals surface area contributed by atoms with Crippen LogP contribution in [0.15, 0.2) is 18.2 Å². The second-order valence-corrected chi connectivity index (χ2v) is 7.92. The molecule has 1 amide bonds. The van der Waals surface area contributed by atoms with E-state index in [1.807, 2.05) is 4.90 Å². The Hall–Kier alpha value is -1.70. The summed E-state index contributed by atoms with van der Waals surface area (Å²) >= 11 is 0. The van der Waals surface area contributed by atoms with Crippen molar-refractivity contribution in [2.45, 2.75) is 25.3 Å². The van der Waals surface area contributed by atoms with E-state index in [0.717, 1.165) is 45.4 Å². The predicted molar refractivity (Wildman–Crippen MR) is 106 cm³/mol. The maximum absolute atomic E-state index is 13.7. The molecule has 0 bridgehead atoms. The fraction of sp³-hybridized carbons (Fsp3) is 0.667. The number of ether oxygens (including phenoxy) is 1. The average Bonchev–Trinajstić information content (AvgIpc) is 2.72. The number of likely N-dealkylation sites (N-methyl/N-ethyl adjacent to an activating group) is 1. The fourth-order valence-electron chi connectivity index (χ4n) is 4.49. The maximum atomic E-state index is 13.7. The van der Waals surface area contributed by atoms with Crippen molar-refractivity contribution >= 4 is 5.91 Å². The SMILES string of the molecule is COc1ccc(F)cc1C(=O)N1CCC(N2CCN(C)CC2)C(CCCO)C1. The normalized spacial score (nSPS) is 24.4.